The monoisotopic (exact) mass is 332 g/mol. The first kappa shape index (κ1) is 17.5. The van der Waals surface area contributed by atoms with Crippen molar-refractivity contribution in [2.45, 2.75) is 32.7 Å². The lowest BCUT2D eigenvalue weighted by atomic mass is 9.99. The summed E-state index contributed by atoms with van der Waals surface area (Å²) in [5.74, 6) is 0.962. The SMILES string of the molecule is COc1cc(C)sc1C(=O)NCC(N)c1ccc(C(C)C)cc1. The summed E-state index contributed by atoms with van der Waals surface area (Å²) in [4.78, 5) is 13.9. The first-order valence-electron chi connectivity index (χ1n) is 7.70. The lowest BCUT2D eigenvalue weighted by molar-refractivity contribution is 0.0952. The molecular weight excluding hydrogens is 308 g/mol. The summed E-state index contributed by atoms with van der Waals surface area (Å²) < 4.78 is 5.23. The van der Waals surface area contributed by atoms with E-state index in [9.17, 15) is 4.79 Å². The fraction of sp³-hybridized carbons (Fsp3) is 0.389. The van der Waals surface area contributed by atoms with E-state index in [1.54, 1.807) is 7.11 Å². The number of rotatable bonds is 6. The number of aryl methyl sites for hydroxylation is 1. The van der Waals surface area contributed by atoms with Crippen LogP contribution in [0, 0.1) is 6.92 Å². The van der Waals surface area contributed by atoms with Gasteiger partial charge in [-0.3, -0.25) is 4.79 Å². The Labute approximate surface area is 141 Å². The van der Waals surface area contributed by atoms with E-state index >= 15 is 0 Å². The van der Waals surface area contributed by atoms with Crippen LogP contribution in [0.25, 0.3) is 0 Å². The van der Waals surface area contributed by atoms with E-state index in [2.05, 4.69) is 31.3 Å². The molecule has 2 aromatic rings. The lowest BCUT2D eigenvalue weighted by Gasteiger charge is -2.14. The average molecular weight is 332 g/mol. The van der Waals surface area contributed by atoms with Gasteiger partial charge in [-0.25, -0.2) is 0 Å². The number of hydrogen-bond donors (Lipinski definition) is 2. The average Bonchev–Trinajstić information content (AvgIpc) is 2.93. The normalized spacial score (nSPS) is 12.3. The maximum atomic E-state index is 12.3. The third kappa shape index (κ3) is 4.33. The van der Waals surface area contributed by atoms with E-state index in [1.165, 1.54) is 16.9 Å². The number of amides is 1. The van der Waals surface area contributed by atoms with Gasteiger partial charge in [0.05, 0.1) is 7.11 Å². The van der Waals surface area contributed by atoms with Crippen LogP contribution in [0.1, 0.15) is 51.5 Å². The first-order valence-corrected chi connectivity index (χ1v) is 8.52. The molecule has 1 amide bonds. The number of nitrogens with one attached hydrogen (secondary N) is 1. The van der Waals surface area contributed by atoms with Crippen molar-refractivity contribution in [2.75, 3.05) is 13.7 Å². The fourth-order valence-electron chi connectivity index (χ4n) is 2.33. The molecule has 0 bridgehead atoms. The quantitative estimate of drug-likeness (QED) is 0.849. The molecule has 5 heteroatoms. The van der Waals surface area contributed by atoms with E-state index < -0.39 is 0 Å². The van der Waals surface area contributed by atoms with Gasteiger partial charge in [0.2, 0.25) is 0 Å². The molecule has 0 aliphatic rings. The molecule has 0 saturated carbocycles. The molecule has 1 unspecified atom stereocenters. The Morgan fingerprint density at radius 3 is 2.43 bits per heavy atom. The fourth-order valence-corrected chi connectivity index (χ4v) is 3.23. The molecule has 1 aromatic heterocycles. The molecule has 0 aliphatic carbocycles. The number of nitrogens with two attached hydrogens (primary N) is 1. The maximum Gasteiger partial charge on any atom is 0.265 e. The summed E-state index contributed by atoms with van der Waals surface area (Å²) in [5.41, 5.74) is 8.48. The van der Waals surface area contributed by atoms with Crippen molar-refractivity contribution in [3.05, 3.63) is 51.2 Å². The van der Waals surface area contributed by atoms with Gasteiger partial charge >= 0.3 is 0 Å². The number of carbonyl (C=O) groups excluding carboxylic acids is 1. The maximum absolute atomic E-state index is 12.3. The van der Waals surface area contributed by atoms with Crippen LogP contribution in [-0.4, -0.2) is 19.6 Å². The minimum Gasteiger partial charge on any atom is -0.495 e. The van der Waals surface area contributed by atoms with Gasteiger partial charge < -0.3 is 15.8 Å². The van der Waals surface area contributed by atoms with Crippen molar-refractivity contribution in [1.82, 2.24) is 5.32 Å². The van der Waals surface area contributed by atoms with E-state index in [0.29, 0.717) is 23.1 Å². The Bertz CT molecular complexity index is 662. The van der Waals surface area contributed by atoms with Gasteiger partial charge in [0.25, 0.3) is 5.91 Å². The summed E-state index contributed by atoms with van der Waals surface area (Å²) in [5, 5.41) is 2.89. The molecule has 23 heavy (non-hydrogen) atoms. The number of thiophene rings is 1. The Morgan fingerprint density at radius 2 is 1.87 bits per heavy atom. The minimum atomic E-state index is -0.229. The van der Waals surface area contributed by atoms with Crippen LogP contribution < -0.4 is 15.8 Å². The van der Waals surface area contributed by atoms with Gasteiger partial charge in [0.1, 0.15) is 10.6 Å². The van der Waals surface area contributed by atoms with Gasteiger partial charge in [-0.15, -0.1) is 11.3 Å². The molecule has 0 aliphatic heterocycles. The second kappa shape index (κ2) is 7.62. The third-order valence-electron chi connectivity index (χ3n) is 3.76. The summed E-state index contributed by atoms with van der Waals surface area (Å²) in [6.07, 6.45) is 0. The number of hydrogen-bond acceptors (Lipinski definition) is 4. The third-order valence-corrected chi connectivity index (χ3v) is 4.79. The Morgan fingerprint density at radius 1 is 1.26 bits per heavy atom. The first-order chi connectivity index (χ1) is 10.9. The van der Waals surface area contributed by atoms with Crippen LogP contribution in [0.5, 0.6) is 5.75 Å². The molecule has 3 N–H and O–H groups in total. The highest BCUT2D eigenvalue weighted by molar-refractivity contribution is 7.14. The van der Waals surface area contributed by atoms with Crippen LogP contribution in [0.4, 0.5) is 0 Å². The summed E-state index contributed by atoms with van der Waals surface area (Å²) >= 11 is 1.42. The summed E-state index contributed by atoms with van der Waals surface area (Å²) in [6, 6.07) is 9.88. The van der Waals surface area contributed by atoms with Crippen LogP contribution in [0.15, 0.2) is 30.3 Å². The predicted octanol–water partition coefficient (Wildman–Crippen LogP) is 3.62. The standard InChI is InChI=1S/C18H24N2O2S/c1-11(2)13-5-7-14(8-6-13)15(19)10-20-18(21)17-16(22-4)9-12(3)23-17/h5-9,11,15H,10,19H2,1-4H3,(H,20,21). The van der Waals surface area contributed by atoms with E-state index in [1.807, 2.05) is 25.1 Å². The molecule has 124 valence electrons. The number of methoxy groups -OCH3 is 1. The van der Waals surface area contributed by atoms with E-state index in [4.69, 9.17) is 10.5 Å². The minimum absolute atomic E-state index is 0.144. The molecule has 0 radical (unpaired) electrons. The van der Waals surface area contributed by atoms with E-state index in [0.717, 1.165) is 10.4 Å². The highest BCUT2D eigenvalue weighted by atomic mass is 32.1. The van der Waals surface area contributed by atoms with Gasteiger partial charge in [-0.2, -0.15) is 0 Å². The Hall–Kier alpha value is -1.85. The van der Waals surface area contributed by atoms with Crippen molar-refractivity contribution in [1.29, 1.82) is 0 Å². The summed E-state index contributed by atoms with van der Waals surface area (Å²) in [7, 11) is 1.57. The molecule has 1 heterocycles. The molecule has 4 nitrogen and oxygen atoms in total. The molecule has 0 spiro atoms. The Kier molecular flexibility index (Phi) is 5.80. The largest absolute Gasteiger partial charge is 0.495 e. The molecule has 1 aromatic carbocycles. The van der Waals surface area contributed by atoms with Crippen LogP contribution in [0.3, 0.4) is 0 Å². The van der Waals surface area contributed by atoms with E-state index in [-0.39, 0.29) is 11.9 Å². The highest BCUT2D eigenvalue weighted by Gasteiger charge is 2.17. The number of benzene rings is 1. The van der Waals surface area contributed by atoms with Crippen molar-refractivity contribution >= 4 is 17.2 Å². The van der Waals surface area contributed by atoms with Crippen LogP contribution in [-0.2, 0) is 0 Å². The lowest BCUT2D eigenvalue weighted by Crippen LogP contribution is -2.31. The van der Waals surface area contributed by atoms with Gasteiger partial charge in [0.15, 0.2) is 0 Å². The molecule has 1 atom stereocenters. The highest BCUT2D eigenvalue weighted by Crippen LogP contribution is 2.28. The van der Waals surface area contributed by atoms with Crippen LogP contribution in [0.2, 0.25) is 0 Å². The molecule has 0 saturated heterocycles. The van der Waals surface area contributed by atoms with Crippen molar-refractivity contribution < 1.29 is 9.53 Å². The summed E-state index contributed by atoms with van der Waals surface area (Å²) in [6.45, 7) is 6.66. The zero-order valence-electron chi connectivity index (χ0n) is 14.1. The second-order valence-corrected chi connectivity index (χ2v) is 7.15. The van der Waals surface area contributed by atoms with Crippen molar-refractivity contribution in [2.24, 2.45) is 5.73 Å². The molecular formula is C18H24N2O2S. The van der Waals surface area contributed by atoms with Crippen LogP contribution >= 0.6 is 11.3 Å². The Balaban J connectivity index is 1.98. The predicted molar refractivity (Wildman–Crippen MR) is 95.4 cm³/mol. The molecule has 2 rings (SSSR count). The van der Waals surface area contributed by atoms with Gasteiger partial charge in [0, 0.05) is 17.5 Å². The topological polar surface area (TPSA) is 64.3 Å². The van der Waals surface area contributed by atoms with Gasteiger partial charge in [-0.05, 0) is 30.0 Å². The molecule has 0 fully saturated rings. The van der Waals surface area contributed by atoms with Crippen molar-refractivity contribution in [3.8, 4) is 5.75 Å². The zero-order chi connectivity index (χ0) is 17.0. The number of carbonyl (C=O) groups is 1. The van der Waals surface area contributed by atoms with Gasteiger partial charge in [-0.1, -0.05) is 38.1 Å². The van der Waals surface area contributed by atoms with Crippen molar-refractivity contribution in [3.63, 3.8) is 0 Å². The number of ether oxygens (including phenoxy) is 1. The second-order valence-electron chi connectivity index (χ2n) is 5.89. The zero-order valence-corrected chi connectivity index (χ0v) is 14.9. The smallest absolute Gasteiger partial charge is 0.265 e.